The molecule has 0 bridgehead atoms. The van der Waals surface area contributed by atoms with Crippen LogP contribution in [0.2, 0.25) is 0 Å². The molecule has 10 aromatic rings. The zero-order valence-corrected chi connectivity index (χ0v) is 33.9. The van der Waals surface area contributed by atoms with E-state index >= 15 is 0 Å². The molecule has 0 fully saturated rings. The first-order chi connectivity index (χ1) is 29.0. The van der Waals surface area contributed by atoms with Crippen molar-refractivity contribution in [3.05, 3.63) is 223 Å². The van der Waals surface area contributed by atoms with E-state index in [1.807, 2.05) is 11.3 Å². The van der Waals surface area contributed by atoms with E-state index in [0.717, 1.165) is 17.1 Å². The topological polar surface area (TPSA) is 3.24 Å². The minimum absolute atomic E-state index is 0.0983. The zero-order valence-electron chi connectivity index (χ0n) is 33.1. The van der Waals surface area contributed by atoms with Crippen molar-refractivity contribution in [1.29, 1.82) is 0 Å². The third kappa shape index (κ3) is 5.91. The molecular formula is C57H41NS. The summed E-state index contributed by atoms with van der Waals surface area (Å²) >= 11 is 1.87. The first kappa shape index (κ1) is 35.2. The van der Waals surface area contributed by atoms with Crippen LogP contribution < -0.4 is 4.90 Å². The maximum Gasteiger partial charge on any atom is 0.0540 e. The van der Waals surface area contributed by atoms with E-state index in [9.17, 15) is 0 Å². The molecule has 280 valence electrons. The normalized spacial score (nSPS) is 12.7. The lowest BCUT2D eigenvalue weighted by Gasteiger charge is -2.31. The van der Waals surface area contributed by atoms with Crippen LogP contribution in [-0.2, 0) is 5.41 Å². The van der Waals surface area contributed by atoms with Gasteiger partial charge in [-0.05, 0) is 92.0 Å². The molecule has 1 nitrogen and oxygen atoms in total. The van der Waals surface area contributed by atoms with Crippen LogP contribution in [0.4, 0.5) is 17.1 Å². The minimum atomic E-state index is -0.0983. The molecule has 0 spiro atoms. The number of hydrogen-bond acceptors (Lipinski definition) is 2. The molecule has 0 atom stereocenters. The lowest BCUT2D eigenvalue weighted by Crippen LogP contribution is -2.15. The number of anilines is 3. The van der Waals surface area contributed by atoms with Gasteiger partial charge in [-0.3, -0.25) is 0 Å². The van der Waals surface area contributed by atoms with Crippen LogP contribution in [0.15, 0.2) is 212 Å². The van der Waals surface area contributed by atoms with E-state index in [0.29, 0.717) is 0 Å². The molecule has 0 aliphatic heterocycles. The molecule has 1 aromatic heterocycles. The Kier molecular flexibility index (Phi) is 8.43. The summed E-state index contributed by atoms with van der Waals surface area (Å²) < 4.78 is 2.63. The van der Waals surface area contributed by atoms with Crippen LogP contribution in [0.25, 0.3) is 75.8 Å². The maximum absolute atomic E-state index is 2.49. The predicted molar refractivity (Wildman–Crippen MR) is 253 cm³/mol. The number of rotatable bonds is 7. The Hall–Kier alpha value is -7.00. The Morgan fingerprint density at radius 1 is 0.356 bits per heavy atom. The van der Waals surface area contributed by atoms with Gasteiger partial charge in [-0.2, -0.15) is 0 Å². The summed E-state index contributed by atoms with van der Waals surface area (Å²) in [5, 5.41) is 2.64. The van der Waals surface area contributed by atoms with Gasteiger partial charge in [0.15, 0.2) is 0 Å². The van der Waals surface area contributed by atoms with Crippen molar-refractivity contribution in [2.24, 2.45) is 0 Å². The lowest BCUT2D eigenvalue weighted by atomic mass is 9.82. The average molecular weight is 772 g/mol. The average Bonchev–Trinajstić information content (AvgIpc) is 3.79. The van der Waals surface area contributed by atoms with Crippen molar-refractivity contribution < 1.29 is 0 Å². The van der Waals surface area contributed by atoms with Gasteiger partial charge >= 0.3 is 0 Å². The number of thiophene rings is 1. The molecule has 0 radical (unpaired) electrons. The Morgan fingerprint density at radius 2 is 0.898 bits per heavy atom. The van der Waals surface area contributed by atoms with E-state index in [1.54, 1.807) is 0 Å². The highest BCUT2D eigenvalue weighted by Crippen LogP contribution is 2.54. The third-order valence-corrected chi connectivity index (χ3v) is 13.4. The molecule has 2 heteroatoms. The molecule has 11 rings (SSSR count). The molecule has 0 saturated heterocycles. The second-order valence-corrected chi connectivity index (χ2v) is 17.2. The van der Waals surface area contributed by atoms with Crippen molar-refractivity contribution in [3.63, 3.8) is 0 Å². The Balaban J connectivity index is 1.11. The smallest absolute Gasteiger partial charge is 0.0540 e. The SMILES string of the molecule is CC1(C)c2ccccc2-c2c(-c3ccccc3N(c3cccc(-c4ccc5c(c4)sc4ccccc45)c3)c3ccccc3-c3ccc(-c4ccccc4)cc3)cccc21. The van der Waals surface area contributed by atoms with Crippen LogP contribution in [0.1, 0.15) is 25.0 Å². The minimum Gasteiger partial charge on any atom is -0.309 e. The summed E-state index contributed by atoms with van der Waals surface area (Å²) in [6, 6.07) is 78.1. The number of nitrogens with zero attached hydrogens (tertiary/aromatic N) is 1. The van der Waals surface area contributed by atoms with Crippen molar-refractivity contribution in [3.8, 4) is 55.6 Å². The van der Waals surface area contributed by atoms with Crippen molar-refractivity contribution in [1.82, 2.24) is 0 Å². The highest BCUT2D eigenvalue weighted by molar-refractivity contribution is 7.25. The zero-order chi connectivity index (χ0) is 39.5. The number of para-hydroxylation sites is 2. The van der Waals surface area contributed by atoms with E-state index < -0.39 is 0 Å². The van der Waals surface area contributed by atoms with Crippen molar-refractivity contribution >= 4 is 48.6 Å². The second kappa shape index (κ2) is 14.1. The first-order valence-electron chi connectivity index (χ1n) is 20.4. The van der Waals surface area contributed by atoms with Crippen LogP contribution in [0.3, 0.4) is 0 Å². The highest BCUT2D eigenvalue weighted by atomic mass is 32.1. The van der Waals surface area contributed by atoms with Gasteiger partial charge in [0.2, 0.25) is 0 Å². The molecular weight excluding hydrogens is 731 g/mol. The predicted octanol–water partition coefficient (Wildman–Crippen LogP) is 16.5. The Labute approximate surface area is 350 Å². The fraction of sp³-hybridized carbons (Fsp3) is 0.0526. The Morgan fingerprint density at radius 3 is 1.73 bits per heavy atom. The van der Waals surface area contributed by atoms with E-state index in [4.69, 9.17) is 0 Å². The molecule has 0 amide bonds. The summed E-state index contributed by atoms with van der Waals surface area (Å²) in [5.74, 6) is 0. The Bertz CT molecular complexity index is 3190. The summed E-state index contributed by atoms with van der Waals surface area (Å²) in [6.45, 7) is 4.72. The molecule has 9 aromatic carbocycles. The fourth-order valence-corrected chi connectivity index (χ4v) is 10.5. The molecule has 1 heterocycles. The van der Waals surface area contributed by atoms with E-state index in [1.165, 1.54) is 86.9 Å². The number of hydrogen-bond donors (Lipinski definition) is 0. The van der Waals surface area contributed by atoms with Gasteiger partial charge in [0.05, 0.1) is 11.4 Å². The van der Waals surface area contributed by atoms with Crippen LogP contribution in [0, 0.1) is 0 Å². The number of benzene rings is 9. The molecule has 0 N–H and O–H groups in total. The monoisotopic (exact) mass is 771 g/mol. The first-order valence-corrected chi connectivity index (χ1v) is 21.2. The fourth-order valence-electron chi connectivity index (χ4n) is 9.40. The number of fused-ring (bicyclic) bond motifs is 6. The van der Waals surface area contributed by atoms with E-state index in [-0.39, 0.29) is 5.41 Å². The summed E-state index contributed by atoms with van der Waals surface area (Å²) in [7, 11) is 0. The van der Waals surface area contributed by atoms with Gasteiger partial charge < -0.3 is 4.90 Å². The van der Waals surface area contributed by atoms with Crippen molar-refractivity contribution in [2.75, 3.05) is 4.90 Å². The summed E-state index contributed by atoms with van der Waals surface area (Å²) in [5.41, 5.74) is 18.3. The molecule has 59 heavy (non-hydrogen) atoms. The van der Waals surface area contributed by atoms with Gasteiger partial charge in [-0.1, -0.05) is 190 Å². The van der Waals surface area contributed by atoms with Crippen molar-refractivity contribution in [2.45, 2.75) is 19.3 Å². The lowest BCUT2D eigenvalue weighted by molar-refractivity contribution is 0.660. The van der Waals surface area contributed by atoms with E-state index in [2.05, 4.69) is 231 Å². The highest BCUT2D eigenvalue weighted by Gasteiger charge is 2.37. The molecule has 1 aliphatic rings. The van der Waals surface area contributed by atoms with Crippen LogP contribution >= 0.6 is 11.3 Å². The van der Waals surface area contributed by atoms with Gasteiger partial charge in [-0.15, -0.1) is 11.3 Å². The standard InChI is InChI=1S/C57H41NS/c1-57(2)50-25-10-6-23-49(50)56-48(24-15-26-51(56)57)45-21-8-12-28-53(45)58(52-27-11-7-20-44(52)40-32-30-39(31-33-40)38-16-4-3-5-17-38)43-19-14-18-41(36-43)42-34-35-47-46-22-9-13-29-54(46)59-55(47)37-42/h3-37H,1-2H3. The van der Waals surface area contributed by atoms with Gasteiger partial charge in [0.1, 0.15) is 0 Å². The third-order valence-electron chi connectivity index (χ3n) is 12.3. The van der Waals surface area contributed by atoms with Gasteiger partial charge in [0.25, 0.3) is 0 Å². The quantitative estimate of drug-likeness (QED) is 0.156. The summed E-state index contributed by atoms with van der Waals surface area (Å²) in [6.07, 6.45) is 0. The molecule has 0 unspecified atom stereocenters. The molecule has 0 saturated carbocycles. The van der Waals surface area contributed by atoms with Gasteiger partial charge in [-0.25, -0.2) is 0 Å². The molecule has 1 aliphatic carbocycles. The summed E-state index contributed by atoms with van der Waals surface area (Å²) in [4.78, 5) is 2.49. The van der Waals surface area contributed by atoms with Crippen LogP contribution in [0.5, 0.6) is 0 Å². The van der Waals surface area contributed by atoms with Gasteiger partial charge in [0, 0.05) is 42.4 Å². The maximum atomic E-state index is 2.49. The second-order valence-electron chi connectivity index (χ2n) is 16.1. The largest absolute Gasteiger partial charge is 0.309 e. The van der Waals surface area contributed by atoms with Crippen LogP contribution in [-0.4, -0.2) is 0 Å².